The van der Waals surface area contributed by atoms with Gasteiger partial charge in [0.2, 0.25) is 11.8 Å². The quantitative estimate of drug-likeness (QED) is 0.317. The SMILES string of the molecule is CCCCC(=O)Nc1ccc(C(=O)NNC(=O)C(C)(C)CCCOc2cc(C)ccc2C)cc1. The van der Waals surface area contributed by atoms with Gasteiger partial charge >= 0.3 is 0 Å². The Hall–Kier alpha value is -3.35. The van der Waals surface area contributed by atoms with Crippen LogP contribution in [0.3, 0.4) is 0 Å². The summed E-state index contributed by atoms with van der Waals surface area (Å²) < 4.78 is 5.87. The molecule has 0 unspecified atom stereocenters. The van der Waals surface area contributed by atoms with Gasteiger partial charge < -0.3 is 10.1 Å². The average molecular weight is 468 g/mol. The van der Waals surface area contributed by atoms with E-state index < -0.39 is 11.3 Å². The lowest BCUT2D eigenvalue weighted by atomic mass is 9.87. The van der Waals surface area contributed by atoms with Crippen LogP contribution in [-0.4, -0.2) is 24.3 Å². The minimum atomic E-state index is -0.676. The molecule has 7 heteroatoms. The molecule has 2 rings (SSSR count). The van der Waals surface area contributed by atoms with Gasteiger partial charge in [-0.25, -0.2) is 0 Å². The second-order valence-corrected chi connectivity index (χ2v) is 9.24. The summed E-state index contributed by atoms with van der Waals surface area (Å²) in [6.07, 6.45) is 3.56. The molecular weight excluding hydrogens is 430 g/mol. The second kappa shape index (κ2) is 12.8. The molecule has 7 nitrogen and oxygen atoms in total. The Labute approximate surface area is 202 Å². The van der Waals surface area contributed by atoms with Gasteiger partial charge in [-0.2, -0.15) is 0 Å². The van der Waals surface area contributed by atoms with E-state index in [9.17, 15) is 14.4 Å². The maximum absolute atomic E-state index is 12.6. The van der Waals surface area contributed by atoms with Crippen LogP contribution >= 0.6 is 0 Å². The van der Waals surface area contributed by atoms with Gasteiger partial charge in [0, 0.05) is 23.1 Å². The van der Waals surface area contributed by atoms with Gasteiger partial charge in [-0.05, 0) is 74.6 Å². The van der Waals surface area contributed by atoms with E-state index in [0.29, 0.717) is 37.1 Å². The summed E-state index contributed by atoms with van der Waals surface area (Å²) in [5.74, 6) is 0.118. The van der Waals surface area contributed by atoms with Gasteiger partial charge in [0.1, 0.15) is 5.75 Å². The van der Waals surface area contributed by atoms with E-state index >= 15 is 0 Å². The first-order valence-electron chi connectivity index (χ1n) is 11.8. The molecule has 0 aromatic heterocycles. The maximum atomic E-state index is 12.6. The highest BCUT2D eigenvalue weighted by Gasteiger charge is 2.27. The van der Waals surface area contributed by atoms with Crippen molar-refractivity contribution in [2.45, 2.75) is 66.7 Å². The first-order chi connectivity index (χ1) is 16.1. The van der Waals surface area contributed by atoms with Crippen LogP contribution in [0.1, 0.15) is 74.4 Å². The smallest absolute Gasteiger partial charge is 0.269 e. The molecule has 0 fully saturated rings. The largest absolute Gasteiger partial charge is 0.493 e. The number of hydrogen-bond donors (Lipinski definition) is 3. The van der Waals surface area contributed by atoms with Gasteiger partial charge in [0.25, 0.3) is 5.91 Å². The van der Waals surface area contributed by atoms with Gasteiger partial charge in [-0.1, -0.05) is 39.3 Å². The van der Waals surface area contributed by atoms with Crippen LogP contribution < -0.4 is 20.9 Å². The van der Waals surface area contributed by atoms with Crippen LogP contribution in [0.25, 0.3) is 0 Å². The molecule has 0 bridgehead atoms. The summed E-state index contributed by atoms with van der Waals surface area (Å²) in [5.41, 5.74) is 7.54. The third-order valence-electron chi connectivity index (χ3n) is 5.64. The van der Waals surface area contributed by atoms with Crippen molar-refractivity contribution in [2.24, 2.45) is 5.41 Å². The van der Waals surface area contributed by atoms with E-state index in [2.05, 4.69) is 16.2 Å². The molecule has 0 atom stereocenters. The normalized spacial score (nSPS) is 11.0. The topological polar surface area (TPSA) is 96.5 Å². The van der Waals surface area contributed by atoms with E-state index in [1.807, 2.05) is 52.8 Å². The lowest BCUT2D eigenvalue weighted by Gasteiger charge is -2.23. The Kier molecular flexibility index (Phi) is 10.1. The summed E-state index contributed by atoms with van der Waals surface area (Å²) >= 11 is 0. The second-order valence-electron chi connectivity index (χ2n) is 9.24. The van der Waals surface area contributed by atoms with Crippen molar-refractivity contribution >= 4 is 23.4 Å². The van der Waals surface area contributed by atoms with E-state index in [0.717, 1.165) is 29.7 Å². The number of hydrogen-bond acceptors (Lipinski definition) is 4. The van der Waals surface area contributed by atoms with Gasteiger partial charge in [-0.3, -0.25) is 25.2 Å². The van der Waals surface area contributed by atoms with Gasteiger partial charge in [0.15, 0.2) is 0 Å². The van der Waals surface area contributed by atoms with E-state index in [1.165, 1.54) is 0 Å². The Morgan fingerprint density at radius 1 is 0.941 bits per heavy atom. The predicted octanol–water partition coefficient (Wildman–Crippen LogP) is 5.08. The Morgan fingerprint density at radius 3 is 2.32 bits per heavy atom. The zero-order valence-electron chi connectivity index (χ0n) is 20.9. The highest BCUT2D eigenvalue weighted by Crippen LogP contribution is 2.24. The molecule has 0 saturated carbocycles. The molecule has 0 radical (unpaired) electrons. The highest BCUT2D eigenvalue weighted by molar-refractivity contribution is 5.97. The van der Waals surface area contributed by atoms with Gasteiger partial charge in [-0.15, -0.1) is 0 Å². The molecule has 3 amide bonds. The predicted molar refractivity (Wildman–Crippen MR) is 135 cm³/mol. The molecule has 2 aromatic carbocycles. The van der Waals surface area contributed by atoms with Crippen LogP contribution in [0.4, 0.5) is 5.69 Å². The number of unbranched alkanes of at least 4 members (excludes halogenated alkanes) is 1. The van der Waals surface area contributed by atoms with Crippen molar-refractivity contribution in [1.29, 1.82) is 0 Å². The summed E-state index contributed by atoms with van der Waals surface area (Å²) in [4.78, 5) is 36.8. The minimum absolute atomic E-state index is 0.0482. The molecule has 0 heterocycles. The molecule has 3 N–H and O–H groups in total. The third kappa shape index (κ3) is 8.54. The zero-order valence-corrected chi connectivity index (χ0v) is 20.9. The van der Waals surface area contributed by atoms with Crippen LogP contribution in [0.15, 0.2) is 42.5 Å². The molecule has 0 aliphatic carbocycles. The number of carbonyl (C=O) groups excluding carboxylic acids is 3. The molecule has 34 heavy (non-hydrogen) atoms. The van der Waals surface area contributed by atoms with Crippen molar-refractivity contribution in [2.75, 3.05) is 11.9 Å². The Balaban J connectivity index is 1.77. The lowest BCUT2D eigenvalue weighted by Crippen LogP contribution is -2.47. The minimum Gasteiger partial charge on any atom is -0.493 e. The van der Waals surface area contributed by atoms with E-state index in [4.69, 9.17) is 4.74 Å². The zero-order chi connectivity index (χ0) is 25.1. The van der Waals surface area contributed by atoms with Crippen molar-refractivity contribution in [3.8, 4) is 5.75 Å². The number of hydrazine groups is 1. The van der Waals surface area contributed by atoms with Crippen molar-refractivity contribution in [1.82, 2.24) is 10.9 Å². The average Bonchev–Trinajstić information content (AvgIpc) is 2.81. The molecule has 184 valence electrons. The highest BCUT2D eigenvalue weighted by atomic mass is 16.5. The number of anilines is 1. The summed E-state index contributed by atoms with van der Waals surface area (Å²) in [7, 11) is 0. The Morgan fingerprint density at radius 2 is 1.65 bits per heavy atom. The van der Waals surface area contributed by atoms with Crippen LogP contribution in [-0.2, 0) is 9.59 Å². The fourth-order valence-corrected chi connectivity index (χ4v) is 3.29. The first-order valence-corrected chi connectivity index (χ1v) is 11.8. The monoisotopic (exact) mass is 467 g/mol. The van der Waals surface area contributed by atoms with Crippen molar-refractivity contribution < 1.29 is 19.1 Å². The number of amides is 3. The van der Waals surface area contributed by atoms with Crippen molar-refractivity contribution in [3.63, 3.8) is 0 Å². The van der Waals surface area contributed by atoms with Gasteiger partial charge in [0.05, 0.1) is 6.61 Å². The van der Waals surface area contributed by atoms with E-state index in [1.54, 1.807) is 24.3 Å². The van der Waals surface area contributed by atoms with Crippen LogP contribution in [0, 0.1) is 19.3 Å². The molecule has 0 aliphatic rings. The third-order valence-corrected chi connectivity index (χ3v) is 5.64. The van der Waals surface area contributed by atoms with Crippen molar-refractivity contribution in [3.05, 3.63) is 59.2 Å². The molecule has 2 aromatic rings. The molecular formula is C27H37N3O4. The standard InChI is InChI=1S/C27H37N3O4/c1-6-7-9-24(31)28-22-14-12-21(13-15-22)25(32)29-30-26(33)27(4,5)16-8-17-34-23-18-19(2)10-11-20(23)3/h10-15,18H,6-9,16-17H2,1-5H3,(H,28,31)(H,29,32)(H,30,33). The van der Waals surface area contributed by atoms with Crippen LogP contribution in [0.5, 0.6) is 5.75 Å². The van der Waals surface area contributed by atoms with Crippen LogP contribution in [0.2, 0.25) is 0 Å². The first kappa shape index (κ1) is 26.9. The summed E-state index contributed by atoms with van der Waals surface area (Å²) in [6.45, 7) is 10.2. The number of carbonyl (C=O) groups is 3. The fraction of sp³-hybridized carbons (Fsp3) is 0.444. The number of aryl methyl sites for hydroxylation is 2. The fourth-order valence-electron chi connectivity index (χ4n) is 3.29. The number of nitrogens with one attached hydrogen (secondary N) is 3. The lowest BCUT2D eigenvalue weighted by molar-refractivity contribution is -0.130. The van der Waals surface area contributed by atoms with E-state index in [-0.39, 0.29) is 11.8 Å². The number of ether oxygens (including phenoxy) is 1. The number of benzene rings is 2. The summed E-state index contributed by atoms with van der Waals surface area (Å²) in [5, 5.41) is 2.80. The summed E-state index contributed by atoms with van der Waals surface area (Å²) in [6, 6.07) is 12.6. The molecule has 0 aliphatic heterocycles. The molecule has 0 saturated heterocycles. The Bertz CT molecular complexity index is 984. The molecule has 0 spiro atoms. The number of rotatable bonds is 11. The maximum Gasteiger partial charge on any atom is 0.269 e.